The van der Waals surface area contributed by atoms with Gasteiger partial charge in [0.1, 0.15) is 5.56 Å². The highest BCUT2D eigenvalue weighted by molar-refractivity contribution is 5.94. The van der Waals surface area contributed by atoms with Crippen LogP contribution in [0.2, 0.25) is 0 Å². The number of carbonyl (C=O) groups is 3. The van der Waals surface area contributed by atoms with E-state index in [2.05, 4.69) is 5.43 Å². The number of nitrogens with two attached hydrogens (primary N) is 1. The Morgan fingerprint density at radius 3 is 2.33 bits per heavy atom. The maximum Gasteiger partial charge on any atom is 0.344 e. The largest absolute Gasteiger partial charge is 0.446 e. The zero-order valence-electron chi connectivity index (χ0n) is 19.7. The predicted octanol–water partition coefficient (Wildman–Crippen LogP) is 2.72. The molecule has 4 N–H and O–H groups in total. The Morgan fingerprint density at radius 2 is 1.67 bits per heavy atom. The van der Waals surface area contributed by atoms with Crippen LogP contribution >= 0.6 is 0 Å². The monoisotopic (exact) mass is 460 g/mol. The first-order chi connectivity index (χ1) is 15.7. The molecular formula is C24H36N4O5. The number of urea groups is 1. The number of hydrazine groups is 1. The van der Waals surface area contributed by atoms with Gasteiger partial charge in [-0.2, -0.15) is 0 Å². The van der Waals surface area contributed by atoms with Crippen LogP contribution < -0.4 is 22.1 Å². The van der Waals surface area contributed by atoms with E-state index in [1.54, 1.807) is 6.07 Å². The second-order valence-corrected chi connectivity index (χ2v) is 9.71. The Morgan fingerprint density at radius 1 is 1.03 bits per heavy atom. The van der Waals surface area contributed by atoms with Gasteiger partial charge >= 0.3 is 12.0 Å². The Kier molecular flexibility index (Phi) is 8.15. The maximum atomic E-state index is 13.5. The van der Waals surface area contributed by atoms with Gasteiger partial charge in [-0.3, -0.25) is 15.0 Å². The molecule has 2 aliphatic rings. The minimum absolute atomic E-state index is 0.0473. The van der Waals surface area contributed by atoms with Crippen LogP contribution in [-0.2, 0) is 28.9 Å². The zero-order chi connectivity index (χ0) is 24.0. The van der Waals surface area contributed by atoms with Gasteiger partial charge in [0.25, 0.3) is 11.5 Å². The lowest BCUT2D eigenvalue weighted by molar-refractivity contribution is -0.138. The average Bonchev–Trinajstić information content (AvgIpc) is 2.75. The number of nitrogens with zero attached hydrogens (tertiary/aromatic N) is 1. The quantitative estimate of drug-likeness (QED) is 0.459. The van der Waals surface area contributed by atoms with E-state index >= 15 is 0 Å². The molecule has 0 bridgehead atoms. The molecule has 0 saturated heterocycles. The van der Waals surface area contributed by atoms with Crippen molar-refractivity contribution in [3.63, 3.8) is 0 Å². The molecule has 0 radical (unpaired) electrons. The van der Waals surface area contributed by atoms with E-state index in [1.807, 2.05) is 9.99 Å². The highest BCUT2D eigenvalue weighted by Gasteiger charge is 2.34. The maximum absolute atomic E-state index is 13.5. The number of rotatable bonds is 5. The van der Waals surface area contributed by atoms with Gasteiger partial charge in [-0.05, 0) is 69.9 Å². The molecule has 9 nitrogen and oxygen atoms in total. The van der Waals surface area contributed by atoms with Gasteiger partial charge in [0, 0.05) is 12.2 Å². The van der Waals surface area contributed by atoms with Gasteiger partial charge < -0.3 is 15.0 Å². The highest BCUT2D eigenvalue weighted by Crippen LogP contribution is 2.27. The van der Waals surface area contributed by atoms with Crippen LogP contribution in [-0.4, -0.2) is 28.1 Å². The first-order valence-electron chi connectivity index (χ1n) is 12.0. The van der Waals surface area contributed by atoms with Gasteiger partial charge in [0.05, 0.1) is 0 Å². The van der Waals surface area contributed by atoms with Crippen molar-refractivity contribution < 1.29 is 19.1 Å². The van der Waals surface area contributed by atoms with E-state index in [9.17, 15) is 19.2 Å². The number of esters is 1. The summed E-state index contributed by atoms with van der Waals surface area (Å²) < 4.78 is 7.25. The average molecular weight is 461 g/mol. The van der Waals surface area contributed by atoms with Crippen LogP contribution in [0.25, 0.3) is 0 Å². The number of aryl methyl sites for hydroxylation is 1. The van der Waals surface area contributed by atoms with Gasteiger partial charge in [0.2, 0.25) is 0 Å². The van der Waals surface area contributed by atoms with Gasteiger partial charge in [0.15, 0.2) is 5.60 Å². The number of ether oxygens (including phenoxy) is 1. The molecule has 2 aliphatic carbocycles. The fraction of sp³-hybridized carbons (Fsp3) is 0.667. The summed E-state index contributed by atoms with van der Waals surface area (Å²) in [6.45, 7) is 3.39. The van der Waals surface area contributed by atoms with Gasteiger partial charge in [-0.15, -0.1) is 0 Å². The molecule has 1 heterocycles. The van der Waals surface area contributed by atoms with Crippen molar-refractivity contribution in [2.45, 2.75) is 96.6 Å². The van der Waals surface area contributed by atoms with Crippen LogP contribution in [0.1, 0.15) is 93.3 Å². The minimum atomic E-state index is -1.62. The smallest absolute Gasteiger partial charge is 0.344 e. The van der Waals surface area contributed by atoms with E-state index in [0.717, 1.165) is 62.6 Å². The van der Waals surface area contributed by atoms with Crippen LogP contribution in [0.4, 0.5) is 4.79 Å². The van der Waals surface area contributed by atoms with Gasteiger partial charge in [-0.25, -0.2) is 15.0 Å². The first kappa shape index (κ1) is 24.8. The number of pyridine rings is 1. The summed E-state index contributed by atoms with van der Waals surface area (Å²) in [5.41, 5.74) is 9.08. The van der Waals surface area contributed by atoms with Crippen LogP contribution in [0.3, 0.4) is 0 Å². The summed E-state index contributed by atoms with van der Waals surface area (Å²) in [7, 11) is 0. The predicted molar refractivity (Wildman–Crippen MR) is 124 cm³/mol. The number of amides is 3. The number of nitrogens with one attached hydrogen (secondary N) is 2. The summed E-state index contributed by atoms with van der Waals surface area (Å²) in [5, 5.41) is 0. The number of fused-ring (bicyclic) bond motifs is 1. The molecule has 0 aliphatic heterocycles. The summed E-state index contributed by atoms with van der Waals surface area (Å²) in [4.78, 5) is 49.8. The molecule has 182 valence electrons. The third-order valence-corrected chi connectivity index (χ3v) is 6.68. The topological polar surface area (TPSA) is 133 Å². The van der Waals surface area contributed by atoms with Crippen molar-refractivity contribution in [1.29, 1.82) is 0 Å². The van der Waals surface area contributed by atoms with Crippen molar-refractivity contribution in [2.75, 3.05) is 0 Å². The molecule has 3 rings (SSSR count). The second kappa shape index (κ2) is 10.9. The van der Waals surface area contributed by atoms with Crippen molar-refractivity contribution in [3.8, 4) is 0 Å². The summed E-state index contributed by atoms with van der Waals surface area (Å²) in [6, 6.07) is 0.718. The molecule has 0 spiro atoms. The fourth-order valence-corrected chi connectivity index (χ4v) is 4.80. The normalized spacial score (nSPS) is 17.3. The van der Waals surface area contributed by atoms with Crippen molar-refractivity contribution in [3.05, 3.63) is 33.2 Å². The third-order valence-electron chi connectivity index (χ3n) is 6.68. The molecule has 0 aromatic carbocycles. The van der Waals surface area contributed by atoms with E-state index in [4.69, 9.17) is 10.5 Å². The fourth-order valence-electron chi connectivity index (χ4n) is 4.80. The van der Waals surface area contributed by atoms with Gasteiger partial charge in [-0.1, -0.05) is 32.1 Å². The Bertz CT molecular complexity index is 947. The zero-order valence-corrected chi connectivity index (χ0v) is 19.7. The highest BCUT2D eigenvalue weighted by atomic mass is 16.6. The number of hydrogen-bond acceptors (Lipinski definition) is 5. The molecule has 0 unspecified atom stereocenters. The van der Waals surface area contributed by atoms with E-state index in [0.29, 0.717) is 12.5 Å². The Labute approximate surface area is 194 Å². The molecule has 0 atom stereocenters. The Hall–Kier alpha value is -2.84. The number of carbonyl (C=O) groups excluding carboxylic acids is 3. The molecule has 1 fully saturated rings. The molecule has 1 aromatic heterocycles. The lowest BCUT2D eigenvalue weighted by Gasteiger charge is -2.27. The van der Waals surface area contributed by atoms with Crippen molar-refractivity contribution >= 4 is 17.9 Å². The first-order valence-corrected chi connectivity index (χ1v) is 12.0. The molecular weight excluding hydrogens is 424 g/mol. The second-order valence-electron chi connectivity index (χ2n) is 9.71. The standard InChI is InChI=1S/C24H36N4O5/c1-24(2,22(31)26-27-23(25)32)33-21(30)18-14-17-12-8-3-4-9-13-19(17)28(20(18)29)15-16-10-6-5-7-11-16/h14,16H,3-13,15H2,1-2H3,(H,26,31)(H3,25,27,32). The molecule has 1 aromatic rings. The van der Waals surface area contributed by atoms with E-state index in [-0.39, 0.29) is 11.1 Å². The number of hydrogen-bond donors (Lipinski definition) is 3. The molecule has 33 heavy (non-hydrogen) atoms. The van der Waals surface area contributed by atoms with Crippen LogP contribution in [0.5, 0.6) is 0 Å². The third kappa shape index (κ3) is 6.36. The van der Waals surface area contributed by atoms with Crippen molar-refractivity contribution in [1.82, 2.24) is 15.4 Å². The molecule has 3 amide bonds. The minimum Gasteiger partial charge on any atom is -0.446 e. The van der Waals surface area contributed by atoms with Crippen molar-refractivity contribution in [2.24, 2.45) is 11.7 Å². The van der Waals surface area contributed by atoms with Crippen LogP contribution in [0.15, 0.2) is 10.9 Å². The number of primary amides is 1. The molecule has 1 saturated carbocycles. The lowest BCUT2D eigenvalue weighted by Crippen LogP contribution is -2.53. The summed E-state index contributed by atoms with van der Waals surface area (Å²) in [6.07, 6.45) is 11.7. The SMILES string of the molecule is CC(C)(OC(=O)c1cc2c(n(CC3CCCCC3)c1=O)CCCCCC2)C(=O)NNC(N)=O. The van der Waals surface area contributed by atoms with E-state index in [1.165, 1.54) is 33.1 Å². The molecule has 9 heteroatoms. The summed E-state index contributed by atoms with van der Waals surface area (Å²) >= 11 is 0. The Balaban J connectivity index is 1.91. The van der Waals surface area contributed by atoms with Crippen LogP contribution in [0, 0.1) is 5.92 Å². The summed E-state index contributed by atoms with van der Waals surface area (Å²) in [5.74, 6) is -1.18. The lowest BCUT2D eigenvalue weighted by atomic mass is 9.88. The number of aromatic nitrogens is 1. The van der Waals surface area contributed by atoms with E-state index < -0.39 is 23.5 Å².